The lowest BCUT2D eigenvalue weighted by Crippen LogP contribution is -2.21. The molecule has 0 radical (unpaired) electrons. The van der Waals surface area contributed by atoms with Crippen LogP contribution in [0.2, 0.25) is 5.02 Å². The summed E-state index contributed by atoms with van der Waals surface area (Å²) in [6.45, 7) is 0. The van der Waals surface area contributed by atoms with Crippen LogP contribution in [0.1, 0.15) is 17.9 Å². The fraction of sp³-hybridized carbons (Fsp3) is 0.125. The highest BCUT2D eigenvalue weighted by molar-refractivity contribution is 6.31. The Kier molecular flexibility index (Phi) is 4.95. The molecule has 0 unspecified atom stereocenters. The van der Waals surface area contributed by atoms with Gasteiger partial charge in [0.15, 0.2) is 0 Å². The molecule has 0 fully saturated rings. The van der Waals surface area contributed by atoms with Gasteiger partial charge in [0.2, 0.25) is 5.91 Å². The number of amides is 1. The molecule has 2 N–H and O–H groups in total. The standard InChI is InChI=1S/C16H14ClNO3/c17-14-9-5-4-8-12(14)13(16(20)21)10-15(19)18-11-6-2-1-3-7-11/h1-9,13H,10H2,(H,18,19)(H,20,21)/t13-/m1/s1. The monoisotopic (exact) mass is 303 g/mol. The number of nitrogens with one attached hydrogen (secondary N) is 1. The Balaban J connectivity index is 2.12. The van der Waals surface area contributed by atoms with Crippen molar-refractivity contribution in [2.45, 2.75) is 12.3 Å². The molecular weight excluding hydrogens is 290 g/mol. The van der Waals surface area contributed by atoms with Crippen molar-refractivity contribution < 1.29 is 14.7 Å². The number of hydrogen-bond donors (Lipinski definition) is 2. The molecule has 108 valence electrons. The van der Waals surface area contributed by atoms with Crippen LogP contribution in [0.15, 0.2) is 54.6 Å². The van der Waals surface area contributed by atoms with Gasteiger partial charge in [0.05, 0.1) is 5.92 Å². The first-order chi connectivity index (χ1) is 10.1. The van der Waals surface area contributed by atoms with Crippen molar-refractivity contribution in [3.63, 3.8) is 0 Å². The molecule has 0 saturated heterocycles. The SMILES string of the molecule is O=C(C[C@@H](C(=O)O)c1ccccc1Cl)Nc1ccccc1. The lowest BCUT2D eigenvalue weighted by atomic mass is 9.95. The molecule has 2 rings (SSSR count). The van der Waals surface area contributed by atoms with Gasteiger partial charge in [-0.05, 0) is 23.8 Å². The second-order valence-electron chi connectivity index (χ2n) is 4.53. The second kappa shape index (κ2) is 6.90. The number of benzene rings is 2. The van der Waals surface area contributed by atoms with Gasteiger partial charge in [0, 0.05) is 17.1 Å². The molecule has 0 heterocycles. The fourth-order valence-electron chi connectivity index (χ4n) is 2.01. The topological polar surface area (TPSA) is 66.4 Å². The van der Waals surface area contributed by atoms with Crippen molar-refractivity contribution in [3.8, 4) is 0 Å². The average molecular weight is 304 g/mol. The molecule has 0 aliphatic heterocycles. The number of hydrogen-bond acceptors (Lipinski definition) is 2. The smallest absolute Gasteiger partial charge is 0.311 e. The minimum absolute atomic E-state index is 0.173. The van der Waals surface area contributed by atoms with E-state index in [0.29, 0.717) is 16.3 Å². The Bertz CT molecular complexity index is 643. The van der Waals surface area contributed by atoms with E-state index in [1.807, 2.05) is 6.07 Å². The van der Waals surface area contributed by atoms with E-state index in [0.717, 1.165) is 0 Å². The zero-order valence-corrected chi connectivity index (χ0v) is 11.9. The number of carboxylic acids is 1. The first-order valence-electron chi connectivity index (χ1n) is 6.40. The number of carbonyl (C=O) groups excluding carboxylic acids is 1. The molecule has 5 heteroatoms. The van der Waals surface area contributed by atoms with E-state index >= 15 is 0 Å². The molecule has 4 nitrogen and oxygen atoms in total. The van der Waals surface area contributed by atoms with Crippen molar-refractivity contribution in [1.29, 1.82) is 0 Å². The third-order valence-electron chi connectivity index (χ3n) is 3.03. The molecule has 2 aromatic carbocycles. The number of rotatable bonds is 5. The Hall–Kier alpha value is -2.33. The van der Waals surface area contributed by atoms with Gasteiger partial charge in [0.25, 0.3) is 0 Å². The van der Waals surface area contributed by atoms with E-state index in [9.17, 15) is 14.7 Å². The van der Waals surface area contributed by atoms with Crippen LogP contribution in [0, 0.1) is 0 Å². The molecule has 0 aliphatic carbocycles. The Morgan fingerprint density at radius 2 is 1.67 bits per heavy atom. The third kappa shape index (κ3) is 4.07. The first kappa shape index (κ1) is 15.1. The summed E-state index contributed by atoms with van der Waals surface area (Å²) >= 11 is 6.01. The van der Waals surface area contributed by atoms with Gasteiger partial charge in [-0.25, -0.2) is 0 Å². The van der Waals surface area contributed by atoms with E-state index < -0.39 is 11.9 Å². The van der Waals surface area contributed by atoms with E-state index in [2.05, 4.69) is 5.32 Å². The molecule has 21 heavy (non-hydrogen) atoms. The van der Waals surface area contributed by atoms with Gasteiger partial charge in [-0.3, -0.25) is 9.59 Å². The normalized spacial score (nSPS) is 11.7. The first-order valence-corrected chi connectivity index (χ1v) is 6.78. The summed E-state index contributed by atoms with van der Waals surface area (Å²) < 4.78 is 0. The minimum atomic E-state index is -1.08. The second-order valence-corrected chi connectivity index (χ2v) is 4.94. The summed E-state index contributed by atoms with van der Waals surface area (Å²) in [6, 6.07) is 15.5. The van der Waals surface area contributed by atoms with Crippen molar-refractivity contribution in [2.75, 3.05) is 5.32 Å². The van der Waals surface area contributed by atoms with Crippen LogP contribution in [-0.2, 0) is 9.59 Å². The zero-order chi connectivity index (χ0) is 15.2. The Labute approximate surface area is 127 Å². The lowest BCUT2D eigenvalue weighted by molar-refractivity contribution is -0.140. The van der Waals surface area contributed by atoms with Gasteiger partial charge in [0.1, 0.15) is 0 Å². The van der Waals surface area contributed by atoms with Crippen LogP contribution in [0.3, 0.4) is 0 Å². The van der Waals surface area contributed by atoms with Crippen molar-refractivity contribution in [3.05, 3.63) is 65.2 Å². The number of anilines is 1. The largest absolute Gasteiger partial charge is 0.481 e. The summed E-state index contributed by atoms with van der Waals surface area (Å²) in [5, 5.41) is 12.3. The molecule has 1 amide bonds. The highest BCUT2D eigenvalue weighted by Gasteiger charge is 2.25. The highest BCUT2D eigenvalue weighted by Crippen LogP contribution is 2.27. The molecular formula is C16H14ClNO3. The van der Waals surface area contributed by atoms with E-state index in [4.69, 9.17) is 11.6 Å². The van der Waals surface area contributed by atoms with Gasteiger partial charge < -0.3 is 10.4 Å². The van der Waals surface area contributed by atoms with Crippen LogP contribution < -0.4 is 5.32 Å². The number of para-hydroxylation sites is 1. The molecule has 0 spiro atoms. The minimum Gasteiger partial charge on any atom is -0.481 e. The van der Waals surface area contributed by atoms with Crippen LogP contribution in [0.4, 0.5) is 5.69 Å². The van der Waals surface area contributed by atoms with Gasteiger partial charge >= 0.3 is 5.97 Å². The van der Waals surface area contributed by atoms with Gasteiger partial charge in [-0.15, -0.1) is 0 Å². The molecule has 0 aromatic heterocycles. The van der Waals surface area contributed by atoms with Crippen LogP contribution in [-0.4, -0.2) is 17.0 Å². The summed E-state index contributed by atoms with van der Waals surface area (Å²) in [7, 11) is 0. The van der Waals surface area contributed by atoms with Gasteiger partial charge in [-0.2, -0.15) is 0 Å². The predicted octanol–water partition coefficient (Wildman–Crippen LogP) is 3.54. The lowest BCUT2D eigenvalue weighted by Gasteiger charge is -2.14. The quantitative estimate of drug-likeness (QED) is 0.888. The maximum absolute atomic E-state index is 12.0. The molecule has 0 saturated carbocycles. The Morgan fingerprint density at radius 3 is 2.29 bits per heavy atom. The van der Waals surface area contributed by atoms with E-state index in [1.165, 1.54) is 0 Å². The molecule has 2 aromatic rings. The Morgan fingerprint density at radius 1 is 1.05 bits per heavy atom. The fourth-order valence-corrected chi connectivity index (χ4v) is 2.27. The third-order valence-corrected chi connectivity index (χ3v) is 3.37. The van der Waals surface area contributed by atoms with Crippen LogP contribution in [0.5, 0.6) is 0 Å². The number of carboxylic acid groups (broad SMARTS) is 1. The predicted molar refractivity (Wildman–Crippen MR) is 81.5 cm³/mol. The summed E-state index contributed by atoms with van der Waals surface area (Å²) in [6.07, 6.45) is -0.173. The van der Waals surface area contributed by atoms with Crippen LogP contribution in [0.25, 0.3) is 0 Å². The highest BCUT2D eigenvalue weighted by atomic mass is 35.5. The van der Waals surface area contributed by atoms with E-state index in [-0.39, 0.29) is 12.3 Å². The van der Waals surface area contributed by atoms with Crippen molar-refractivity contribution >= 4 is 29.2 Å². The molecule has 0 aliphatic rings. The summed E-state index contributed by atoms with van der Waals surface area (Å²) in [5.74, 6) is -2.41. The number of carbonyl (C=O) groups is 2. The van der Waals surface area contributed by atoms with Crippen molar-refractivity contribution in [1.82, 2.24) is 0 Å². The zero-order valence-electron chi connectivity index (χ0n) is 11.1. The number of halogens is 1. The molecule has 1 atom stereocenters. The van der Waals surface area contributed by atoms with Crippen molar-refractivity contribution in [2.24, 2.45) is 0 Å². The maximum Gasteiger partial charge on any atom is 0.311 e. The van der Waals surface area contributed by atoms with E-state index in [1.54, 1.807) is 48.5 Å². The van der Waals surface area contributed by atoms with Crippen LogP contribution >= 0.6 is 11.6 Å². The summed E-state index contributed by atoms with van der Waals surface area (Å²) in [5.41, 5.74) is 1.07. The maximum atomic E-state index is 12.0. The average Bonchev–Trinajstić information content (AvgIpc) is 2.46. The number of aliphatic carboxylic acids is 1. The molecule has 0 bridgehead atoms. The summed E-state index contributed by atoms with van der Waals surface area (Å²) in [4.78, 5) is 23.4. The van der Waals surface area contributed by atoms with Gasteiger partial charge in [-0.1, -0.05) is 48.0 Å².